The summed E-state index contributed by atoms with van der Waals surface area (Å²) < 4.78 is 14.7. The fourth-order valence-electron chi connectivity index (χ4n) is 5.27. The number of hydrazine groups is 1. The van der Waals surface area contributed by atoms with Crippen molar-refractivity contribution < 1.29 is 14.3 Å². The number of carbonyl (C=O) groups is 1. The Bertz CT molecular complexity index is 1620. The minimum atomic E-state index is -0.457. The number of ether oxygens (including phenoxy) is 2. The van der Waals surface area contributed by atoms with E-state index in [1.807, 2.05) is 45.9 Å². The van der Waals surface area contributed by atoms with Crippen LogP contribution in [0.2, 0.25) is 0 Å². The Morgan fingerprint density at radius 1 is 1.10 bits per heavy atom. The lowest BCUT2D eigenvalue weighted by atomic mass is 9.97. The number of carbonyl (C=O) groups excluding carboxylic acids is 1. The molecule has 2 heterocycles. The van der Waals surface area contributed by atoms with E-state index >= 15 is 0 Å². The van der Waals surface area contributed by atoms with Crippen LogP contribution in [0.5, 0.6) is 11.5 Å². The van der Waals surface area contributed by atoms with E-state index < -0.39 is 5.91 Å². The second-order valence-electron chi connectivity index (χ2n) is 10.1. The van der Waals surface area contributed by atoms with Gasteiger partial charge in [-0.2, -0.15) is 0 Å². The molecule has 6 N–H and O–H groups in total. The monoisotopic (exact) mass is 561 g/mol. The zero-order valence-corrected chi connectivity index (χ0v) is 24.6. The summed E-state index contributed by atoms with van der Waals surface area (Å²) in [7, 11) is 1.60. The van der Waals surface area contributed by atoms with Crippen molar-refractivity contribution in [2.45, 2.75) is 54.1 Å². The zero-order valence-electron chi connectivity index (χ0n) is 24.6. The number of benzene rings is 2. The first-order valence-electron chi connectivity index (χ1n) is 13.6. The van der Waals surface area contributed by atoms with Gasteiger partial charge in [0.2, 0.25) is 0 Å². The maximum Gasteiger partial charge on any atom is 0.330 e. The summed E-state index contributed by atoms with van der Waals surface area (Å²) in [6.07, 6.45) is 0.655. The van der Waals surface area contributed by atoms with Crippen molar-refractivity contribution in [3.05, 3.63) is 80.0 Å². The Labute approximate surface area is 239 Å². The Morgan fingerprint density at radius 3 is 2.41 bits per heavy atom. The van der Waals surface area contributed by atoms with E-state index in [0.29, 0.717) is 36.6 Å². The molecule has 218 valence electrons. The van der Waals surface area contributed by atoms with Gasteiger partial charge in [-0.3, -0.25) is 19.8 Å². The molecular formula is C30H39N7O4. The third kappa shape index (κ3) is 5.99. The maximum absolute atomic E-state index is 14.0. The minimum Gasteiger partial charge on any atom is -0.493 e. The molecule has 0 saturated heterocycles. The van der Waals surface area contributed by atoms with Crippen LogP contribution in [0.4, 0.5) is 5.69 Å². The molecule has 0 spiro atoms. The smallest absolute Gasteiger partial charge is 0.330 e. The highest BCUT2D eigenvalue weighted by molar-refractivity contribution is 5.93. The summed E-state index contributed by atoms with van der Waals surface area (Å²) in [4.78, 5) is 31.6. The first-order chi connectivity index (χ1) is 19.6. The van der Waals surface area contributed by atoms with Crippen LogP contribution in [0.3, 0.4) is 0 Å². The molecule has 0 radical (unpaired) electrons. The highest BCUT2D eigenvalue weighted by Gasteiger charge is 2.23. The lowest BCUT2D eigenvalue weighted by molar-refractivity contribution is -0.117. The first kappa shape index (κ1) is 29.5. The summed E-state index contributed by atoms with van der Waals surface area (Å²) in [6.45, 7) is 10.9. The summed E-state index contributed by atoms with van der Waals surface area (Å²) >= 11 is 0. The number of methoxy groups -OCH3 is 1. The van der Waals surface area contributed by atoms with Crippen LogP contribution in [0.15, 0.2) is 51.5 Å². The number of nitrogens with two attached hydrogens (primary N) is 2. The number of rotatable bonds is 9. The average molecular weight is 562 g/mol. The van der Waals surface area contributed by atoms with Crippen LogP contribution in [0.25, 0.3) is 11.3 Å². The normalized spacial score (nSPS) is 13.2. The van der Waals surface area contributed by atoms with Gasteiger partial charge in [0, 0.05) is 37.0 Å². The van der Waals surface area contributed by atoms with E-state index in [0.717, 1.165) is 39.2 Å². The van der Waals surface area contributed by atoms with Crippen LogP contribution >= 0.6 is 0 Å². The summed E-state index contributed by atoms with van der Waals surface area (Å²) in [5.74, 6) is 6.27. The molecule has 0 unspecified atom stereocenters. The summed E-state index contributed by atoms with van der Waals surface area (Å²) in [5, 5.41) is 2.78. The van der Waals surface area contributed by atoms with Crippen LogP contribution in [-0.2, 0) is 24.3 Å². The van der Waals surface area contributed by atoms with Crippen molar-refractivity contribution >= 4 is 11.6 Å². The van der Waals surface area contributed by atoms with Crippen LogP contribution in [0.1, 0.15) is 36.1 Å². The molecule has 4 rings (SSSR count). The van der Waals surface area contributed by atoms with Gasteiger partial charge in [0.1, 0.15) is 11.2 Å². The summed E-state index contributed by atoms with van der Waals surface area (Å²) in [5.41, 5.74) is 15.3. The third-order valence-corrected chi connectivity index (χ3v) is 7.11. The van der Waals surface area contributed by atoms with Gasteiger partial charge in [0.05, 0.1) is 25.1 Å². The Morgan fingerprint density at radius 2 is 1.80 bits per heavy atom. The molecule has 0 fully saturated rings. The number of hydrogen-bond acceptors (Lipinski definition) is 8. The van der Waals surface area contributed by atoms with Crippen molar-refractivity contribution in [1.82, 2.24) is 19.9 Å². The second-order valence-corrected chi connectivity index (χ2v) is 10.1. The minimum absolute atomic E-state index is 0.0740. The predicted molar refractivity (Wildman–Crippen MR) is 159 cm³/mol. The summed E-state index contributed by atoms with van der Waals surface area (Å²) in [6, 6.07) is 9.98. The molecule has 0 saturated carbocycles. The maximum atomic E-state index is 14.0. The number of nitrogens with zero attached hydrogens (tertiary/aromatic N) is 3. The van der Waals surface area contributed by atoms with E-state index in [2.05, 4.69) is 22.9 Å². The van der Waals surface area contributed by atoms with Crippen molar-refractivity contribution in [2.24, 2.45) is 16.6 Å². The van der Waals surface area contributed by atoms with Crippen molar-refractivity contribution in [3.8, 4) is 22.8 Å². The molecule has 0 atom stereocenters. The molecular weight excluding hydrogens is 522 g/mol. The van der Waals surface area contributed by atoms with E-state index in [1.54, 1.807) is 23.2 Å². The van der Waals surface area contributed by atoms with Gasteiger partial charge in [-0.25, -0.2) is 9.79 Å². The number of amides is 1. The molecule has 3 aromatic rings. The van der Waals surface area contributed by atoms with Gasteiger partial charge in [0.15, 0.2) is 11.5 Å². The number of nitrogens with one attached hydrogen (secondary N) is 2. The van der Waals surface area contributed by atoms with Gasteiger partial charge in [-0.1, -0.05) is 17.7 Å². The molecule has 11 nitrogen and oxygen atoms in total. The van der Waals surface area contributed by atoms with Gasteiger partial charge in [-0.15, -0.1) is 0 Å². The van der Waals surface area contributed by atoms with Crippen molar-refractivity contribution in [1.29, 1.82) is 0 Å². The molecule has 1 aromatic heterocycles. The molecule has 0 bridgehead atoms. The molecule has 2 aromatic carbocycles. The van der Waals surface area contributed by atoms with Gasteiger partial charge >= 0.3 is 5.69 Å². The topological polar surface area (TPSA) is 151 Å². The first-order valence-corrected chi connectivity index (χ1v) is 13.6. The van der Waals surface area contributed by atoms with E-state index in [9.17, 15) is 9.59 Å². The Kier molecular flexibility index (Phi) is 8.87. The van der Waals surface area contributed by atoms with Crippen LogP contribution in [-0.4, -0.2) is 35.3 Å². The average Bonchev–Trinajstić information content (AvgIpc) is 2.92. The molecule has 1 aliphatic rings. The highest BCUT2D eigenvalue weighted by atomic mass is 16.5. The fraction of sp³-hybridized carbons (Fsp3) is 0.367. The highest BCUT2D eigenvalue weighted by Crippen LogP contribution is 2.37. The standard InChI is InChI=1S/C30H39N7O4/c1-7-41-25-14-21-8-10-36-23(22(21)15-24(25)40-6)16-26(34-27-18(3)12-17(2)13-19(27)4)37(30(36)39)11-9-33-29(38)28(35-32)20(5)31/h12-16,35H,7-11,31-32H2,1-6H3,(H,33,38)/b28-20-,34-26?. The fourth-order valence-corrected chi connectivity index (χ4v) is 5.27. The van der Waals surface area contributed by atoms with Crippen LogP contribution < -0.4 is 43.0 Å². The number of allylic oxidation sites excluding steroid dienone is 1. The van der Waals surface area contributed by atoms with Crippen LogP contribution in [0, 0.1) is 20.8 Å². The Hall–Kier alpha value is -4.51. The number of fused-ring (bicyclic) bond motifs is 3. The van der Waals surface area contributed by atoms with E-state index in [4.69, 9.17) is 26.0 Å². The predicted octanol–water partition coefficient (Wildman–Crippen LogP) is 2.21. The molecule has 1 aliphatic heterocycles. The van der Waals surface area contributed by atoms with Gasteiger partial charge < -0.3 is 25.9 Å². The number of hydrogen-bond donors (Lipinski definition) is 4. The largest absolute Gasteiger partial charge is 0.493 e. The zero-order chi connectivity index (χ0) is 29.8. The molecule has 11 heteroatoms. The van der Waals surface area contributed by atoms with Crippen molar-refractivity contribution in [3.63, 3.8) is 0 Å². The third-order valence-electron chi connectivity index (χ3n) is 7.11. The second kappa shape index (κ2) is 12.3. The van der Waals surface area contributed by atoms with E-state index in [1.165, 1.54) is 0 Å². The lowest BCUT2D eigenvalue weighted by Gasteiger charge is -2.25. The molecule has 41 heavy (non-hydrogen) atoms. The van der Waals surface area contributed by atoms with Gasteiger partial charge in [0.25, 0.3) is 5.91 Å². The molecule has 1 amide bonds. The molecule has 0 aliphatic carbocycles. The quantitative estimate of drug-likeness (QED) is 0.178. The lowest BCUT2D eigenvalue weighted by Crippen LogP contribution is -2.45. The van der Waals surface area contributed by atoms with E-state index in [-0.39, 0.29) is 30.2 Å². The van der Waals surface area contributed by atoms with Gasteiger partial charge in [-0.05, 0) is 69.9 Å². The SMILES string of the molecule is CCOc1cc2c(cc1OC)-c1cc(=Nc3c(C)cc(C)cc3C)n(CCNC(=O)/C(NN)=C(\C)N)c(=O)n1CC2. The Balaban J connectivity index is 1.88. The number of aromatic nitrogens is 2. The van der Waals surface area contributed by atoms with Crippen molar-refractivity contribution in [2.75, 3.05) is 20.3 Å². The number of aryl methyl sites for hydroxylation is 4.